The fourth-order valence-electron chi connectivity index (χ4n) is 2.54. The summed E-state index contributed by atoms with van der Waals surface area (Å²) in [5.74, 6) is -0.496. The van der Waals surface area contributed by atoms with E-state index in [0.29, 0.717) is 6.54 Å². The summed E-state index contributed by atoms with van der Waals surface area (Å²) in [6.07, 6.45) is 1.70. The minimum atomic E-state index is -0.282. The lowest BCUT2D eigenvalue weighted by atomic mass is 9.96. The van der Waals surface area contributed by atoms with E-state index in [1.165, 1.54) is 0 Å². The molecular formula is C15H20BrN3O2. The van der Waals surface area contributed by atoms with E-state index < -0.39 is 0 Å². The molecule has 0 aliphatic carbocycles. The standard InChI is InChI=1S/C15H20BrN3O2/c1-10(19-8-2-3-11(9-19)14(17)20)15(21)18-13-6-4-12(16)5-7-13/h4-7,10-11H,2-3,8-9H2,1H3,(H2,17,20)(H,18,21)/t10-,11+/m1/s1. The molecule has 0 bridgehead atoms. The van der Waals surface area contributed by atoms with Crippen LogP contribution in [-0.2, 0) is 9.59 Å². The lowest BCUT2D eigenvalue weighted by Crippen LogP contribution is -2.49. The first-order valence-electron chi connectivity index (χ1n) is 7.07. The lowest BCUT2D eigenvalue weighted by molar-refractivity contribution is -0.127. The SMILES string of the molecule is C[C@H](C(=O)Nc1ccc(Br)cc1)N1CCC[C@H](C(N)=O)C1. The van der Waals surface area contributed by atoms with Crippen LogP contribution in [-0.4, -0.2) is 35.8 Å². The van der Waals surface area contributed by atoms with Crippen LogP contribution >= 0.6 is 15.9 Å². The predicted molar refractivity (Wildman–Crippen MR) is 85.7 cm³/mol. The normalized spacial score (nSPS) is 20.8. The van der Waals surface area contributed by atoms with Gasteiger partial charge in [-0.25, -0.2) is 0 Å². The third-order valence-corrected chi connectivity index (χ3v) is 4.42. The molecule has 1 aromatic rings. The van der Waals surface area contributed by atoms with Gasteiger partial charge in [-0.2, -0.15) is 0 Å². The summed E-state index contributed by atoms with van der Waals surface area (Å²) in [5, 5.41) is 2.89. The Kier molecular flexibility index (Phi) is 5.36. The summed E-state index contributed by atoms with van der Waals surface area (Å²) in [6.45, 7) is 3.24. The average molecular weight is 354 g/mol. The molecule has 1 fully saturated rings. The van der Waals surface area contributed by atoms with Crippen LogP contribution in [0.3, 0.4) is 0 Å². The number of halogens is 1. The summed E-state index contributed by atoms with van der Waals surface area (Å²) in [4.78, 5) is 25.6. The number of likely N-dealkylation sites (tertiary alicyclic amines) is 1. The van der Waals surface area contributed by atoms with Crippen molar-refractivity contribution in [1.29, 1.82) is 0 Å². The maximum Gasteiger partial charge on any atom is 0.241 e. The Balaban J connectivity index is 1.95. The van der Waals surface area contributed by atoms with Gasteiger partial charge in [0, 0.05) is 16.7 Å². The minimum absolute atomic E-state index is 0.0672. The molecule has 1 saturated heterocycles. The van der Waals surface area contributed by atoms with Crippen LogP contribution in [0, 0.1) is 5.92 Å². The van der Waals surface area contributed by atoms with Crippen molar-refractivity contribution >= 4 is 33.4 Å². The van der Waals surface area contributed by atoms with Crippen LogP contribution in [0.4, 0.5) is 5.69 Å². The number of carbonyl (C=O) groups excluding carboxylic acids is 2. The van der Waals surface area contributed by atoms with Gasteiger partial charge in [0.15, 0.2) is 0 Å². The van der Waals surface area contributed by atoms with Crippen LogP contribution in [0.1, 0.15) is 19.8 Å². The van der Waals surface area contributed by atoms with Crippen molar-refractivity contribution in [2.24, 2.45) is 11.7 Å². The van der Waals surface area contributed by atoms with Crippen LogP contribution in [0.25, 0.3) is 0 Å². The fraction of sp³-hybridized carbons (Fsp3) is 0.467. The number of anilines is 1. The fourth-order valence-corrected chi connectivity index (χ4v) is 2.80. The highest BCUT2D eigenvalue weighted by molar-refractivity contribution is 9.10. The molecule has 0 saturated carbocycles. The van der Waals surface area contributed by atoms with E-state index in [4.69, 9.17) is 5.73 Å². The van der Waals surface area contributed by atoms with E-state index in [2.05, 4.69) is 21.2 Å². The number of primary amides is 1. The highest BCUT2D eigenvalue weighted by atomic mass is 79.9. The Hall–Kier alpha value is -1.40. The quantitative estimate of drug-likeness (QED) is 0.868. The molecule has 2 rings (SSSR count). The molecule has 6 heteroatoms. The Morgan fingerprint density at radius 2 is 2.05 bits per heavy atom. The molecule has 5 nitrogen and oxygen atoms in total. The molecule has 2 atom stereocenters. The van der Waals surface area contributed by atoms with Crippen molar-refractivity contribution < 1.29 is 9.59 Å². The number of nitrogens with one attached hydrogen (secondary N) is 1. The molecule has 1 aromatic carbocycles. The maximum atomic E-state index is 12.3. The lowest BCUT2D eigenvalue weighted by Gasteiger charge is -2.34. The molecule has 1 heterocycles. The van der Waals surface area contributed by atoms with Crippen molar-refractivity contribution in [3.63, 3.8) is 0 Å². The van der Waals surface area contributed by atoms with Crippen LogP contribution in [0.2, 0.25) is 0 Å². The molecule has 21 heavy (non-hydrogen) atoms. The second kappa shape index (κ2) is 7.04. The van der Waals surface area contributed by atoms with Crippen molar-refractivity contribution in [3.8, 4) is 0 Å². The minimum Gasteiger partial charge on any atom is -0.369 e. The van der Waals surface area contributed by atoms with E-state index >= 15 is 0 Å². The first-order chi connectivity index (χ1) is 9.97. The molecule has 3 N–H and O–H groups in total. The predicted octanol–water partition coefficient (Wildman–Crippen LogP) is 1.97. The van der Waals surface area contributed by atoms with Crippen molar-refractivity contribution in [2.45, 2.75) is 25.8 Å². The number of piperidine rings is 1. The number of carbonyl (C=O) groups is 2. The summed E-state index contributed by atoms with van der Waals surface area (Å²) in [5.41, 5.74) is 6.14. The van der Waals surface area contributed by atoms with Gasteiger partial charge in [0.25, 0.3) is 0 Å². The van der Waals surface area contributed by atoms with E-state index in [-0.39, 0.29) is 23.8 Å². The summed E-state index contributed by atoms with van der Waals surface area (Å²) >= 11 is 3.36. The molecule has 0 radical (unpaired) electrons. The monoisotopic (exact) mass is 353 g/mol. The Labute approximate surface area is 133 Å². The molecule has 1 aliphatic heterocycles. The number of benzene rings is 1. The maximum absolute atomic E-state index is 12.3. The van der Waals surface area contributed by atoms with E-state index in [0.717, 1.165) is 29.5 Å². The first-order valence-corrected chi connectivity index (χ1v) is 7.86. The van der Waals surface area contributed by atoms with Crippen LogP contribution in [0.5, 0.6) is 0 Å². The van der Waals surface area contributed by atoms with Gasteiger partial charge in [-0.05, 0) is 50.6 Å². The van der Waals surface area contributed by atoms with Gasteiger partial charge in [-0.15, -0.1) is 0 Å². The molecule has 1 aliphatic rings. The summed E-state index contributed by atoms with van der Waals surface area (Å²) in [7, 11) is 0. The smallest absolute Gasteiger partial charge is 0.241 e. The van der Waals surface area contributed by atoms with Gasteiger partial charge in [-0.3, -0.25) is 14.5 Å². The van der Waals surface area contributed by atoms with Gasteiger partial charge in [0.1, 0.15) is 0 Å². The van der Waals surface area contributed by atoms with Gasteiger partial charge in [0.2, 0.25) is 11.8 Å². The topological polar surface area (TPSA) is 75.4 Å². The summed E-state index contributed by atoms with van der Waals surface area (Å²) in [6, 6.07) is 7.17. The Morgan fingerprint density at radius 3 is 2.67 bits per heavy atom. The Bertz CT molecular complexity index is 518. The van der Waals surface area contributed by atoms with Crippen molar-refractivity contribution in [2.75, 3.05) is 18.4 Å². The van der Waals surface area contributed by atoms with E-state index in [9.17, 15) is 9.59 Å². The largest absolute Gasteiger partial charge is 0.369 e. The zero-order valence-electron chi connectivity index (χ0n) is 12.0. The molecule has 114 valence electrons. The molecule has 2 amide bonds. The van der Waals surface area contributed by atoms with Gasteiger partial charge >= 0.3 is 0 Å². The zero-order chi connectivity index (χ0) is 15.4. The van der Waals surface area contributed by atoms with Crippen molar-refractivity contribution in [1.82, 2.24) is 4.90 Å². The third-order valence-electron chi connectivity index (χ3n) is 3.89. The van der Waals surface area contributed by atoms with Gasteiger partial charge in [0.05, 0.1) is 12.0 Å². The second-order valence-electron chi connectivity index (χ2n) is 5.41. The van der Waals surface area contributed by atoms with Crippen LogP contribution in [0.15, 0.2) is 28.7 Å². The zero-order valence-corrected chi connectivity index (χ0v) is 13.6. The molecule has 0 spiro atoms. The number of nitrogens with zero attached hydrogens (tertiary/aromatic N) is 1. The summed E-state index contributed by atoms with van der Waals surface area (Å²) < 4.78 is 0.967. The van der Waals surface area contributed by atoms with E-state index in [1.54, 1.807) is 0 Å². The van der Waals surface area contributed by atoms with Gasteiger partial charge < -0.3 is 11.1 Å². The highest BCUT2D eigenvalue weighted by Gasteiger charge is 2.29. The number of rotatable bonds is 4. The number of amides is 2. The molecular weight excluding hydrogens is 334 g/mol. The van der Waals surface area contributed by atoms with Gasteiger partial charge in [-0.1, -0.05) is 15.9 Å². The average Bonchev–Trinajstić information content (AvgIpc) is 2.49. The number of hydrogen-bond donors (Lipinski definition) is 2. The molecule has 0 unspecified atom stereocenters. The molecule has 0 aromatic heterocycles. The second-order valence-corrected chi connectivity index (χ2v) is 6.32. The number of nitrogens with two attached hydrogens (primary N) is 1. The number of hydrogen-bond acceptors (Lipinski definition) is 3. The van der Waals surface area contributed by atoms with Crippen molar-refractivity contribution in [3.05, 3.63) is 28.7 Å². The first kappa shape index (κ1) is 16.0. The Morgan fingerprint density at radius 1 is 1.38 bits per heavy atom. The highest BCUT2D eigenvalue weighted by Crippen LogP contribution is 2.19. The van der Waals surface area contributed by atoms with Crippen LogP contribution < -0.4 is 11.1 Å². The third kappa shape index (κ3) is 4.28. The van der Waals surface area contributed by atoms with E-state index in [1.807, 2.05) is 36.1 Å².